The van der Waals surface area contributed by atoms with E-state index in [4.69, 9.17) is 0 Å². The number of aromatic nitrogens is 2. The number of fused-ring (bicyclic) bond motifs is 1. The van der Waals surface area contributed by atoms with Crippen LogP contribution in [0.4, 0.5) is 0 Å². The lowest BCUT2D eigenvalue weighted by atomic mass is 10.3. The smallest absolute Gasteiger partial charge is 0.0664 e. The average molecular weight is 209 g/mol. The Kier molecular flexibility index (Phi) is 2.35. The van der Waals surface area contributed by atoms with Crippen LogP contribution in [0.15, 0.2) is 24.5 Å². The lowest BCUT2D eigenvalue weighted by molar-refractivity contribution is 0.535. The number of pyridine rings is 1. The van der Waals surface area contributed by atoms with Gasteiger partial charge in [-0.05, 0) is 23.2 Å². The molecule has 2 aromatic rings. The molecule has 1 unspecified atom stereocenters. The molecule has 1 atom stereocenters. The zero-order chi connectivity index (χ0) is 10.1. The van der Waals surface area contributed by atoms with Gasteiger partial charge in [-0.2, -0.15) is 0 Å². The van der Waals surface area contributed by atoms with Crippen molar-refractivity contribution >= 4 is 22.0 Å². The van der Waals surface area contributed by atoms with Crippen LogP contribution < -0.4 is 0 Å². The summed E-state index contributed by atoms with van der Waals surface area (Å²) in [6.07, 6.45) is 3.61. The molecule has 0 aromatic carbocycles. The van der Waals surface area contributed by atoms with E-state index in [2.05, 4.69) is 4.98 Å². The Bertz CT molecular complexity index is 493. The molecular weight excluding hydrogens is 200 g/mol. The minimum Gasteiger partial charge on any atom is -0.772 e. The molecule has 14 heavy (non-hydrogen) atoms. The number of rotatable bonds is 2. The molecule has 2 heterocycles. The first kappa shape index (κ1) is 9.36. The first-order chi connectivity index (χ1) is 6.66. The molecule has 0 amide bonds. The largest absolute Gasteiger partial charge is 0.772 e. The summed E-state index contributed by atoms with van der Waals surface area (Å²) in [5, 5.41) is 1.02. The van der Waals surface area contributed by atoms with Crippen molar-refractivity contribution in [1.29, 1.82) is 0 Å². The summed E-state index contributed by atoms with van der Waals surface area (Å²) < 4.78 is 22.9. The molecule has 2 rings (SSSR count). The van der Waals surface area contributed by atoms with Crippen molar-refractivity contribution in [2.75, 3.05) is 0 Å². The fourth-order valence-corrected chi connectivity index (χ4v) is 1.81. The van der Waals surface area contributed by atoms with E-state index in [1.54, 1.807) is 12.3 Å². The van der Waals surface area contributed by atoms with E-state index in [1.165, 1.54) is 0 Å². The van der Waals surface area contributed by atoms with Crippen molar-refractivity contribution < 1.29 is 8.76 Å². The zero-order valence-corrected chi connectivity index (χ0v) is 8.45. The van der Waals surface area contributed by atoms with Crippen molar-refractivity contribution in [2.24, 2.45) is 7.05 Å². The van der Waals surface area contributed by atoms with E-state index in [-0.39, 0.29) is 5.75 Å². The topological polar surface area (TPSA) is 58.0 Å². The summed E-state index contributed by atoms with van der Waals surface area (Å²) in [4.78, 5) is 4.07. The second-order valence-corrected chi connectivity index (χ2v) is 4.01. The van der Waals surface area contributed by atoms with Gasteiger partial charge in [0.05, 0.1) is 23.2 Å². The first-order valence-corrected chi connectivity index (χ1v) is 5.37. The van der Waals surface area contributed by atoms with Crippen LogP contribution in [0.1, 0.15) is 5.69 Å². The Morgan fingerprint density at radius 1 is 1.64 bits per heavy atom. The number of hydrogen-bond donors (Lipinski definition) is 0. The van der Waals surface area contributed by atoms with Crippen LogP contribution in [0.2, 0.25) is 0 Å². The van der Waals surface area contributed by atoms with Crippen LogP contribution in [0.3, 0.4) is 0 Å². The Morgan fingerprint density at radius 2 is 2.43 bits per heavy atom. The van der Waals surface area contributed by atoms with E-state index in [0.29, 0.717) is 5.69 Å². The molecule has 0 radical (unpaired) electrons. The highest BCUT2D eigenvalue weighted by Crippen LogP contribution is 2.14. The summed E-state index contributed by atoms with van der Waals surface area (Å²) in [5.74, 6) is -0.0230. The Balaban J connectivity index is 2.46. The molecule has 4 nitrogen and oxygen atoms in total. The molecule has 0 fully saturated rings. The Hall–Kier alpha value is -1.20. The van der Waals surface area contributed by atoms with Crippen LogP contribution in [0.25, 0.3) is 10.9 Å². The van der Waals surface area contributed by atoms with Gasteiger partial charge in [0, 0.05) is 18.6 Å². The van der Waals surface area contributed by atoms with Crippen molar-refractivity contribution in [2.45, 2.75) is 5.75 Å². The molecule has 2 aromatic heterocycles. The molecule has 0 saturated carbocycles. The SMILES string of the molecule is Cn1ccc2cc(CS(=O)[O-])ncc21. The fourth-order valence-electron chi connectivity index (χ4n) is 1.41. The molecule has 0 bridgehead atoms. The highest BCUT2D eigenvalue weighted by Gasteiger charge is 2.00. The van der Waals surface area contributed by atoms with Gasteiger partial charge < -0.3 is 9.12 Å². The van der Waals surface area contributed by atoms with E-state index in [9.17, 15) is 8.76 Å². The molecule has 0 aliphatic heterocycles. The van der Waals surface area contributed by atoms with E-state index in [0.717, 1.165) is 10.9 Å². The van der Waals surface area contributed by atoms with Gasteiger partial charge in [0.15, 0.2) is 0 Å². The highest BCUT2D eigenvalue weighted by atomic mass is 32.2. The van der Waals surface area contributed by atoms with Gasteiger partial charge in [0.25, 0.3) is 0 Å². The van der Waals surface area contributed by atoms with Crippen molar-refractivity contribution in [3.63, 3.8) is 0 Å². The molecule has 0 saturated heterocycles. The number of hydrogen-bond acceptors (Lipinski definition) is 3. The maximum atomic E-state index is 10.5. The van der Waals surface area contributed by atoms with E-state index in [1.807, 2.05) is 23.9 Å². The minimum absolute atomic E-state index is 0.0230. The van der Waals surface area contributed by atoms with Gasteiger partial charge in [-0.3, -0.25) is 9.19 Å². The monoisotopic (exact) mass is 209 g/mol. The predicted octanol–water partition coefficient (Wildman–Crippen LogP) is 0.952. The quantitative estimate of drug-likeness (QED) is 0.692. The minimum atomic E-state index is -2.07. The molecule has 74 valence electrons. The predicted molar refractivity (Wildman–Crippen MR) is 53.3 cm³/mol. The third-order valence-electron chi connectivity index (χ3n) is 2.09. The van der Waals surface area contributed by atoms with Crippen LogP contribution in [0.5, 0.6) is 0 Å². The summed E-state index contributed by atoms with van der Waals surface area (Å²) in [6, 6.07) is 3.74. The summed E-state index contributed by atoms with van der Waals surface area (Å²) in [6.45, 7) is 0. The lowest BCUT2D eigenvalue weighted by Crippen LogP contribution is -1.96. The number of nitrogens with zero attached hydrogens (tertiary/aromatic N) is 2. The maximum Gasteiger partial charge on any atom is 0.0664 e. The molecule has 0 N–H and O–H groups in total. The Morgan fingerprint density at radius 3 is 3.14 bits per heavy atom. The first-order valence-electron chi connectivity index (χ1n) is 4.12. The van der Waals surface area contributed by atoms with Crippen molar-refractivity contribution in [3.8, 4) is 0 Å². The maximum absolute atomic E-state index is 10.5. The normalized spacial score (nSPS) is 13.3. The summed E-state index contributed by atoms with van der Waals surface area (Å²) in [7, 11) is 1.93. The Labute approximate surface area is 83.9 Å². The van der Waals surface area contributed by atoms with Gasteiger partial charge in [-0.1, -0.05) is 0 Å². The van der Waals surface area contributed by atoms with Crippen molar-refractivity contribution in [3.05, 3.63) is 30.2 Å². The second kappa shape index (κ2) is 3.51. The standard InChI is InChI=1S/C9H10N2O2S/c1-11-3-2-7-4-8(6-14(12)13)10-5-9(7)11/h2-5H,6H2,1H3,(H,12,13)/p-1. The van der Waals surface area contributed by atoms with Gasteiger partial charge in [0.2, 0.25) is 0 Å². The zero-order valence-electron chi connectivity index (χ0n) is 7.64. The molecule has 0 spiro atoms. The number of aryl methyl sites for hydroxylation is 1. The van der Waals surface area contributed by atoms with Crippen LogP contribution in [-0.2, 0) is 23.9 Å². The summed E-state index contributed by atoms with van der Waals surface area (Å²) >= 11 is -2.07. The summed E-state index contributed by atoms with van der Waals surface area (Å²) in [5.41, 5.74) is 1.59. The van der Waals surface area contributed by atoms with Crippen molar-refractivity contribution in [1.82, 2.24) is 9.55 Å². The third-order valence-corrected chi connectivity index (χ3v) is 2.63. The second-order valence-electron chi connectivity index (χ2n) is 3.11. The van der Waals surface area contributed by atoms with E-state index >= 15 is 0 Å². The lowest BCUT2D eigenvalue weighted by Gasteiger charge is -2.04. The van der Waals surface area contributed by atoms with Gasteiger partial charge >= 0.3 is 0 Å². The van der Waals surface area contributed by atoms with Gasteiger partial charge in [-0.25, -0.2) is 0 Å². The van der Waals surface area contributed by atoms with Crippen LogP contribution >= 0.6 is 0 Å². The fraction of sp³-hybridized carbons (Fsp3) is 0.222. The average Bonchev–Trinajstić information content (AvgIpc) is 2.46. The van der Waals surface area contributed by atoms with Gasteiger partial charge in [0.1, 0.15) is 0 Å². The van der Waals surface area contributed by atoms with Crippen LogP contribution in [0, 0.1) is 0 Å². The molecular formula is C9H9N2O2S-. The molecule has 0 aliphatic rings. The highest BCUT2D eigenvalue weighted by molar-refractivity contribution is 7.78. The molecule has 0 aliphatic carbocycles. The van der Waals surface area contributed by atoms with E-state index < -0.39 is 11.1 Å². The molecule has 5 heteroatoms. The third kappa shape index (κ3) is 1.69. The van der Waals surface area contributed by atoms with Crippen LogP contribution in [-0.4, -0.2) is 18.3 Å². The van der Waals surface area contributed by atoms with Gasteiger partial charge in [-0.15, -0.1) is 0 Å².